The largest absolute Gasteiger partial charge is 0.505 e. The topological polar surface area (TPSA) is 46.2 Å². The summed E-state index contributed by atoms with van der Waals surface area (Å²) < 4.78 is 13.0. The van der Waals surface area contributed by atoms with Gasteiger partial charge in [0.25, 0.3) is 0 Å². The van der Waals surface area contributed by atoms with E-state index in [4.69, 9.17) is 17.3 Å². The predicted octanol–water partition coefficient (Wildman–Crippen LogP) is 3.41. The van der Waals surface area contributed by atoms with Gasteiger partial charge in [-0.05, 0) is 18.6 Å². The first-order chi connectivity index (χ1) is 6.57. The van der Waals surface area contributed by atoms with Crippen molar-refractivity contribution in [1.82, 2.24) is 0 Å². The maximum Gasteiger partial charge on any atom is 0.165 e. The van der Waals surface area contributed by atoms with Crippen LogP contribution in [0.4, 0.5) is 4.39 Å². The van der Waals surface area contributed by atoms with Gasteiger partial charge in [0, 0.05) is 16.6 Å². The van der Waals surface area contributed by atoms with Gasteiger partial charge in [-0.25, -0.2) is 4.39 Å². The Morgan fingerprint density at radius 3 is 2.67 bits per heavy atom. The van der Waals surface area contributed by atoms with Crippen LogP contribution in [-0.2, 0) is 0 Å². The minimum atomic E-state index is -0.684. The number of phenols is 1. The van der Waals surface area contributed by atoms with E-state index in [-0.39, 0.29) is 12.4 Å². The molecule has 0 aliphatic carbocycles. The smallest absolute Gasteiger partial charge is 0.165 e. The summed E-state index contributed by atoms with van der Waals surface area (Å²) in [6.45, 7) is 1.96. The summed E-state index contributed by atoms with van der Waals surface area (Å²) >= 11 is 5.83. The lowest BCUT2D eigenvalue weighted by molar-refractivity contribution is 0.418. The third-order valence-corrected chi connectivity index (χ3v) is 2.41. The van der Waals surface area contributed by atoms with Crippen LogP contribution >= 0.6 is 24.0 Å². The van der Waals surface area contributed by atoms with Crippen molar-refractivity contribution in [1.29, 1.82) is 0 Å². The van der Waals surface area contributed by atoms with Gasteiger partial charge in [0.1, 0.15) is 0 Å². The molecule has 0 saturated heterocycles. The van der Waals surface area contributed by atoms with E-state index in [9.17, 15) is 9.50 Å². The number of nitrogens with two attached hydrogens (primary N) is 1. The molecular weight excluding hydrogens is 240 g/mol. The number of phenolic OH excluding ortho intramolecular Hbond substituents is 1. The molecule has 3 N–H and O–H groups in total. The van der Waals surface area contributed by atoms with Crippen molar-refractivity contribution >= 4 is 24.0 Å². The van der Waals surface area contributed by atoms with Gasteiger partial charge < -0.3 is 10.8 Å². The van der Waals surface area contributed by atoms with E-state index < -0.39 is 17.6 Å². The normalized spacial score (nSPS) is 12.0. The zero-order valence-electron chi connectivity index (χ0n) is 8.34. The molecule has 1 atom stereocenters. The van der Waals surface area contributed by atoms with Crippen LogP contribution in [0.25, 0.3) is 0 Å². The Kier molecular flexibility index (Phi) is 5.95. The Bertz CT molecular complexity index is 333. The zero-order valence-corrected chi connectivity index (χ0v) is 9.91. The lowest BCUT2D eigenvalue weighted by Gasteiger charge is -2.14. The van der Waals surface area contributed by atoms with Gasteiger partial charge in [0.15, 0.2) is 11.6 Å². The maximum absolute atomic E-state index is 13.0. The third-order valence-electron chi connectivity index (χ3n) is 2.09. The van der Waals surface area contributed by atoms with Crippen LogP contribution in [0.2, 0.25) is 5.02 Å². The molecular formula is C10H14Cl2FNO. The summed E-state index contributed by atoms with van der Waals surface area (Å²) in [6, 6.07) is 2.12. The molecule has 5 heteroatoms. The first-order valence-electron chi connectivity index (χ1n) is 4.50. The van der Waals surface area contributed by atoms with Gasteiger partial charge in [-0.1, -0.05) is 24.9 Å². The molecule has 86 valence electrons. The maximum atomic E-state index is 13.0. The SMILES string of the molecule is CCC[C@@H](N)c1c(Cl)ccc(F)c1O.Cl. The number of benzene rings is 1. The van der Waals surface area contributed by atoms with Crippen molar-refractivity contribution in [3.05, 3.63) is 28.5 Å². The Hall–Kier alpha value is -0.510. The Labute approximate surface area is 99.6 Å². The Morgan fingerprint density at radius 1 is 1.53 bits per heavy atom. The monoisotopic (exact) mass is 253 g/mol. The lowest BCUT2D eigenvalue weighted by atomic mass is 10.0. The lowest BCUT2D eigenvalue weighted by Crippen LogP contribution is -2.11. The molecule has 1 aromatic rings. The van der Waals surface area contributed by atoms with E-state index in [0.717, 1.165) is 12.5 Å². The zero-order chi connectivity index (χ0) is 10.7. The predicted molar refractivity (Wildman–Crippen MR) is 62.2 cm³/mol. The van der Waals surface area contributed by atoms with Crippen molar-refractivity contribution in [3.8, 4) is 5.75 Å². The van der Waals surface area contributed by atoms with Crippen LogP contribution < -0.4 is 5.73 Å². The van der Waals surface area contributed by atoms with Gasteiger partial charge in [-0.3, -0.25) is 0 Å². The van der Waals surface area contributed by atoms with E-state index in [1.54, 1.807) is 0 Å². The van der Waals surface area contributed by atoms with Crippen LogP contribution in [0.3, 0.4) is 0 Å². The van der Waals surface area contributed by atoms with Crippen LogP contribution in [0.15, 0.2) is 12.1 Å². The molecule has 0 spiro atoms. The number of aromatic hydroxyl groups is 1. The minimum Gasteiger partial charge on any atom is -0.505 e. The average molecular weight is 254 g/mol. The molecule has 0 unspecified atom stereocenters. The summed E-state index contributed by atoms with van der Waals surface area (Å²) in [6.07, 6.45) is 1.52. The number of rotatable bonds is 3. The molecule has 1 rings (SSSR count). The summed E-state index contributed by atoms with van der Waals surface area (Å²) in [4.78, 5) is 0. The van der Waals surface area contributed by atoms with E-state index in [1.165, 1.54) is 6.07 Å². The quantitative estimate of drug-likeness (QED) is 0.868. The van der Waals surface area contributed by atoms with Crippen molar-refractivity contribution in [2.45, 2.75) is 25.8 Å². The minimum absolute atomic E-state index is 0. The summed E-state index contributed by atoms with van der Waals surface area (Å²) in [7, 11) is 0. The molecule has 0 aromatic heterocycles. The Morgan fingerprint density at radius 2 is 2.13 bits per heavy atom. The standard InChI is InChI=1S/C10H13ClFNO.ClH/c1-2-3-8(13)9-6(11)4-5-7(12)10(9)14;/h4-5,8,14H,2-3,13H2,1H3;1H/t8-;/m1./s1. The van der Waals surface area contributed by atoms with Crippen LogP contribution in [0.5, 0.6) is 5.75 Å². The van der Waals surface area contributed by atoms with Gasteiger partial charge in [-0.2, -0.15) is 0 Å². The number of hydrogen-bond donors (Lipinski definition) is 2. The van der Waals surface area contributed by atoms with Crippen LogP contribution in [-0.4, -0.2) is 5.11 Å². The molecule has 2 nitrogen and oxygen atoms in total. The van der Waals surface area contributed by atoms with Gasteiger partial charge >= 0.3 is 0 Å². The summed E-state index contributed by atoms with van der Waals surface area (Å²) in [5, 5.41) is 9.75. The second-order valence-electron chi connectivity index (χ2n) is 3.19. The molecule has 0 radical (unpaired) electrons. The number of hydrogen-bond acceptors (Lipinski definition) is 2. The van der Waals surface area contributed by atoms with E-state index >= 15 is 0 Å². The fourth-order valence-corrected chi connectivity index (χ4v) is 1.66. The highest BCUT2D eigenvalue weighted by atomic mass is 35.5. The molecule has 0 aliphatic heterocycles. The van der Waals surface area contributed by atoms with E-state index in [2.05, 4.69) is 0 Å². The molecule has 15 heavy (non-hydrogen) atoms. The van der Waals surface area contributed by atoms with E-state index in [0.29, 0.717) is 17.0 Å². The second-order valence-corrected chi connectivity index (χ2v) is 3.59. The molecule has 0 aliphatic rings. The summed E-state index contributed by atoms with van der Waals surface area (Å²) in [5.41, 5.74) is 6.06. The highest BCUT2D eigenvalue weighted by molar-refractivity contribution is 6.31. The number of halogens is 3. The van der Waals surface area contributed by atoms with Crippen molar-refractivity contribution in [2.24, 2.45) is 5.73 Å². The van der Waals surface area contributed by atoms with Gasteiger partial charge in [0.05, 0.1) is 0 Å². The van der Waals surface area contributed by atoms with Crippen molar-refractivity contribution in [3.63, 3.8) is 0 Å². The second kappa shape index (κ2) is 6.16. The molecule has 0 bridgehead atoms. The Balaban J connectivity index is 0.00000196. The van der Waals surface area contributed by atoms with Crippen LogP contribution in [0.1, 0.15) is 31.4 Å². The summed E-state index contributed by atoms with van der Waals surface area (Å²) in [5.74, 6) is -1.12. The highest BCUT2D eigenvalue weighted by Gasteiger charge is 2.17. The van der Waals surface area contributed by atoms with Gasteiger partial charge in [0.2, 0.25) is 0 Å². The van der Waals surface area contributed by atoms with Gasteiger partial charge in [-0.15, -0.1) is 12.4 Å². The van der Waals surface area contributed by atoms with Crippen molar-refractivity contribution < 1.29 is 9.50 Å². The first kappa shape index (κ1) is 14.5. The van der Waals surface area contributed by atoms with E-state index in [1.807, 2.05) is 6.92 Å². The third kappa shape index (κ3) is 3.23. The molecule has 0 amide bonds. The molecule has 0 saturated carbocycles. The molecule has 1 aromatic carbocycles. The molecule has 0 heterocycles. The fourth-order valence-electron chi connectivity index (χ4n) is 1.36. The van der Waals surface area contributed by atoms with Crippen LogP contribution in [0, 0.1) is 5.82 Å². The highest BCUT2D eigenvalue weighted by Crippen LogP contribution is 2.34. The first-order valence-corrected chi connectivity index (χ1v) is 4.88. The molecule has 0 fully saturated rings. The average Bonchev–Trinajstić information content (AvgIpc) is 2.13. The fraction of sp³-hybridized carbons (Fsp3) is 0.400. The van der Waals surface area contributed by atoms with Crippen molar-refractivity contribution in [2.75, 3.05) is 0 Å².